The zero-order valence-electron chi connectivity index (χ0n) is 21.0. The zero-order chi connectivity index (χ0) is 25.4. The van der Waals surface area contributed by atoms with Crippen molar-refractivity contribution in [2.45, 2.75) is 44.6 Å². The van der Waals surface area contributed by atoms with Crippen LogP contribution in [0.1, 0.15) is 55.8 Å². The van der Waals surface area contributed by atoms with Crippen LogP contribution in [0.2, 0.25) is 0 Å². The summed E-state index contributed by atoms with van der Waals surface area (Å²) >= 11 is 0. The molecule has 4 N–H and O–H groups in total. The molecule has 8 nitrogen and oxygen atoms in total. The van der Waals surface area contributed by atoms with Crippen molar-refractivity contribution in [3.8, 4) is 17.0 Å². The van der Waals surface area contributed by atoms with Gasteiger partial charge in [-0.3, -0.25) is 10.00 Å². The number of nitrogen functional groups attached to an aromatic ring is 1. The number of hydrogen-bond acceptors (Lipinski definition) is 7. The predicted octanol–water partition coefficient (Wildman–Crippen LogP) is 5.27. The molecule has 1 aliphatic heterocycles. The first-order valence-corrected chi connectivity index (χ1v) is 13.1. The molecule has 2 fully saturated rings. The van der Waals surface area contributed by atoms with E-state index in [9.17, 15) is 4.39 Å². The van der Waals surface area contributed by atoms with Crippen LogP contribution in [0.15, 0.2) is 42.5 Å². The van der Waals surface area contributed by atoms with Crippen LogP contribution >= 0.6 is 0 Å². The van der Waals surface area contributed by atoms with Crippen LogP contribution in [0.4, 0.5) is 16.2 Å². The number of nitrogens with one attached hydrogen (secondary N) is 2. The molecule has 1 aliphatic carbocycles. The molecule has 1 atom stereocenters. The van der Waals surface area contributed by atoms with Crippen LogP contribution in [-0.4, -0.2) is 51.3 Å². The van der Waals surface area contributed by atoms with Crippen molar-refractivity contribution >= 4 is 22.7 Å². The van der Waals surface area contributed by atoms with E-state index in [0.29, 0.717) is 29.8 Å². The number of benzene rings is 2. The molecule has 2 aromatic carbocycles. The Morgan fingerprint density at radius 2 is 1.92 bits per heavy atom. The first-order chi connectivity index (χ1) is 18.0. The number of halogens is 1. The fourth-order valence-corrected chi connectivity index (χ4v) is 5.06. The van der Waals surface area contributed by atoms with Gasteiger partial charge in [-0.05, 0) is 81.6 Å². The number of aromatic nitrogens is 4. The van der Waals surface area contributed by atoms with Gasteiger partial charge in [-0.15, -0.1) is 0 Å². The number of rotatable bonds is 9. The lowest BCUT2D eigenvalue weighted by Gasteiger charge is -2.18. The van der Waals surface area contributed by atoms with E-state index in [2.05, 4.69) is 31.5 Å². The molecule has 0 radical (unpaired) electrons. The standard InChI is InChI=1S/C28H32FN7O/c1-17(18-6-8-20(29)9-7-18)31-28-32-21-10-11-24(37-15-14-36-12-2-3-13-36)25(26(21)27(30)33-28)23-16-22(34-35-23)19-4-5-19/h6-11,16-17,19H,2-5,12-15H2,1H3,(H,34,35)(H3,30,31,32,33)/t17-/m0/s1. The minimum atomic E-state index is -0.267. The number of anilines is 2. The minimum absolute atomic E-state index is 0.127. The van der Waals surface area contributed by atoms with Crippen molar-refractivity contribution in [2.75, 3.05) is 37.3 Å². The smallest absolute Gasteiger partial charge is 0.225 e. The number of likely N-dealkylation sites (tertiary alicyclic amines) is 1. The molecule has 9 heteroatoms. The van der Waals surface area contributed by atoms with Crippen molar-refractivity contribution in [3.63, 3.8) is 0 Å². The zero-order valence-corrected chi connectivity index (χ0v) is 21.0. The van der Waals surface area contributed by atoms with Gasteiger partial charge >= 0.3 is 0 Å². The Balaban J connectivity index is 1.33. The fourth-order valence-electron chi connectivity index (χ4n) is 5.06. The van der Waals surface area contributed by atoms with Gasteiger partial charge in [0, 0.05) is 18.2 Å². The normalized spacial score (nSPS) is 16.8. The molecular formula is C28H32FN7O. The summed E-state index contributed by atoms with van der Waals surface area (Å²) in [6.45, 7) is 5.72. The highest BCUT2D eigenvalue weighted by molar-refractivity contribution is 6.03. The van der Waals surface area contributed by atoms with E-state index >= 15 is 0 Å². The van der Waals surface area contributed by atoms with Crippen LogP contribution in [0.5, 0.6) is 5.75 Å². The van der Waals surface area contributed by atoms with Crippen LogP contribution in [0.25, 0.3) is 22.2 Å². The molecule has 192 valence electrons. The Labute approximate surface area is 215 Å². The molecule has 6 rings (SSSR count). The van der Waals surface area contributed by atoms with Gasteiger partial charge in [0.25, 0.3) is 0 Å². The summed E-state index contributed by atoms with van der Waals surface area (Å²) in [6, 6.07) is 12.2. The van der Waals surface area contributed by atoms with Gasteiger partial charge in [0.1, 0.15) is 24.0 Å². The van der Waals surface area contributed by atoms with E-state index in [0.717, 1.165) is 53.3 Å². The molecule has 2 aliphatic rings. The number of nitrogens with two attached hydrogens (primary N) is 1. The van der Waals surface area contributed by atoms with Crippen molar-refractivity contribution in [2.24, 2.45) is 0 Å². The second-order valence-electron chi connectivity index (χ2n) is 10.1. The summed E-state index contributed by atoms with van der Waals surface area (Å²) < 4.78 is 19.6. The maximum absolute atomic E-state index is 13.3. The highest BCUT2D eigenvalue weighted by Crippen LogP contribution is 2.43. The lowest BCUT2D eigenvalue weighted by Crippen LogP contribution is -2.25. The molecular weight excluding hydrogens is 469 g/mol. The Morgan fingerprint density at radius 1 is 1.14 bits per heavy atom. The second kappa shape index (κ2) is 9.97. The van der Waals surface area contributed by atoms with E-state index < -0.39 is 0 Å². The van der Waals surface area contributed by atoms with E-state index in [1.54, 1.807) is 12.1 Å². The summed E-state index contributed by atoms with van der Waals surface area (Å²) in [4.78, 5) is 11.8. The van der Waals surface area contributed by atoms with E-state index in [1.807, 2.05) is 19.1 Å². The van der Waals surface area contributed by atoms with Crippen molar-refractivity contribution in [1.29, 1.82) is 0 Å². The number of aromatic amines is 1. The summed E-state index contributed by atoms with van der Waals surface area (Å²) in [5, 5.41) is 11.9. The highest BCUT2D eigenvalue weighted by atomic mass is 19.1. The van der Waals surface area contributed by atoms with Crippen LogP contribution < -0.4 is 15.8 Å². The number of fused-ring (bicyclic) bond motifs is 1. The SMILES string of the molecule is C[C@H](Nc1nc(N)c2c(-c3cc(C4CC4)[nH]n3)c(OCCN3CCCC3)ccc2n1)c1ccc(F)cc1. The highest BCUT2D eigenvalue weighted by Gasteiger charge is 2.27. The monoisotopic (exact) mass is 501 g/mol. The van der Waals surface area contributed by atoms with E-state index in [1.165, 1.54) is 37.8 Å². The summed E-state index contributed by atoms with van der Waals surface area (Å²) in [5.41, 5.74) is 10.9. The third-order valence-corrected chi connectivity index (χ3v) is 7.30. The predicted molar refractivity (Wildman–Crippen MR) is 143 cm³/mol. The van der Waals surface area contributed by atoms with Gasteiger partial charge in [0.05, 0.1) is 28.2 Å². The van der Waals surface area contributed by atoms with Crippen LogP contribution in [0.3, 0.4) is 0 Å². The average Bonchev–Trinajstić information content (AvgIpc) is 3.39. The molecule has 1 saturated carbocycles. The Morgan fingerprint density at radius 3 is 2.68 bits per heavy atom. The summed E-state index contributed by atoms with van der Waals surface area (Å²) in [6.07, 6.45) is 4.87. The molecule has 3 heterocycles. The number of hydrogen-bond donors (Lipinski definition) is 3. The summed E-state index contributed by atoms with van der Waals surface area (Å²) in [7, 11) is 0. The lowest BCUT2D eigenvalue weighted by molar-refractivity contribution is 0.238. The van der Waals surface area contributed by atoms with E-state index in [4.69, 9.17) is 15.5 Å². The summed E-state index contributed by atoms with van der Waals surface area (Å²) in [5.74, 6) is 1.78. The van der Waals surface area contributed by atoms with Crippen molar-refractivity contribution in [3.05, 3.63) is 59.5 Å². The Bertz CT molecular complexity index is 1390. The number of ether oxygens (including phenoxy) is 1. The van der Waals surface area contributed by atoms with Gasteiger partial charge in [0.15, 0.2) is 0 Å². The minimum Gasteiger partial charge on any atom is -0.492 e. The Kier molecular flexibility index (Phi) is 6.38. The molecule has 1 saturated heterocycles. The van der Waals surface area contributed by atoms with Gasteiger partial charge in [0.2, 0.25) is 5.95 Å². The molecule has 4 aromatic rings. The van der Waals surface area contributed by atoms with Crippen molar-refractivity contribution in [1.82, 2.24) is 25.1 Å². The number of nitrogens with zero attached hydrogens (tertiary/aromatic N) is 4. The first kappa shape index (κ1) is 23.7. The first-order valence-electron chi connectivity index (χ1n) is 13.1. The number of H-pyrrole nitrogens is 1. The van der Waals surface area contributed by atoms with Gasteiger partial charge < -0.3 is 15.8 Å². The second-order valence-corrected chi connectivity index (χ2v) is 10.1. The average molecular weight is 502 g/mol. The van der Waals surface area contributed by atoms with Gasteiger partial charge in [-0.2, -0.15) is 10.1 Å². The van der Waals surface area contributed by atoms with Crippen molar-refractivity contribution < 1.29 is 9.13 Å². The lowest BCUT2D eigenvalue weighted by atomic mass is 10.0. The maximum atomic E-state index is 13.3. The molecule has 0 unspecified atom stereocenters. The molecule has 2 aromatic heterocycles. The van der Waals surface area contributed by atoms with Crippen LogP contribution in [-0.2, 0) is 0 Å². The molecule has 0 amide bonds. The Hall–Kier alpha value is -3.72. The fraction of sp³-hybridized carbons (Fsp3) is 0.393. The molecule has 0 bridgehead atoms. The molecule has 0 spiro atoms. The van der Waals surface area contributed by atoms with Gasteiger partial charge in [-0.1, -0.05) is 12.1 Å². The van der Waals surface area contributed by atoms with Gasteiger partial charge in [-0.25, -0.2) is 9.37 Å². The third-order valence-electron chi connectivity index (χ3n) is 7.30. The quantitative estimate of drug-likeness (QED) is 0.287. The topological polar surface area (TPSA) is 105 Å². The molecule has 37 heavy (non-hydrogen) atoms. The third kappa shape index (κ3) is 5.09. The maximum Gasteiger partial charge on any atom is 0.225 e. The largest absolute Gasteiger partial charge is 0.492 e. The van der Waals surface area contributed by atoms with E-state index in [-0.39, 0.29) is 11.9 Å². The van der Waals surface area contributed by atoms with Crippen LogP contribution in [0, 0.1) is 5.82 Å².